The molecule has 10 heteroatoms. The fourth-order valence-corrected chi connectivity index (χ4v) is 3.65. The normalized spacial score (nSPS) is 11.8. The minimum Gasteiger partial charge on any atom is -0.453 e. The van der Waals surface area contributed by atoms with Crippen molar-refractivity contribution in [3.05, 3.63) is 96.1 Å². The SMILES string of the molecule is Nc1cccc(Oc2cccc(-c3ccccc3)c2Oc2cccc(N)c2C(F)(F)F)c1C(F)(F)F. The molecule has 0 saturated heterocycles. The van der Waals surface area contributed by atoms with Crippen molar-refractivity contribution < 1.29 is 35.8 Å². The summed E-state index contributed by atoms with van der Waals surface area (Å²) >= 11 is 0. The molecule has 0 aliphatic carbocycles. The van der Waals surface area contributed by atoms with E-state index in [2.05, 4.69) is 0 Å². The quantitative estimate of drug-likeness (QED) is 0.213. The van der Waals surface area contributed by atoms with E-state index in [0.717, 1.165) is 24.3 Å². The van der Waals surface area contributed by atoms with Crippen molar-refractivity contribution in [1.29, 1.82) is 0 Å². The molecule has 0 spiro atoms. The molecule has 4 rings (SSSR count). The minimum atomic E-state index is -4.86. The van der Waals surface area contributed by atoms with Crippen molar-refractivity contribution in [3.8, 4) is 34.1 Å². The number of anilines is 2. The Morgan fingerprint density at radius 1 is 0.500 bits per heavy atom. The van der Waals surface area contributed by atoms with Gasteiger partial charge in [-0.2, -0.15) is 26.3 Å². The maximum atomic E-state index is 13.8. The number of para-hydroxylation sites is 1. The second-order valence-electron chi connectivity index (χ2n) is 7.64. The molecule has 4 nitrogen and oxygen atoms in total. The van der Waals surface area contributed by atoms with Crippen LogP contribution in [0.5, 0.6) is 23.0 Å². The smallest absolute Gasteiger partial charge is 0.421 e. The lowest BCUT2D eigenvalue weighted by molar-refractivity contribution is -0.138. The van der Waals surface area contributed by atoms with E-state index in [4.69, 9.17) is 20.9 Å². The molecule has 0 aliphatic heterocycles. The van der Waals surface area contributed by atoms with Gasteiger partial charge in [-0.3, -0.25) is 0 Å². The van der Waals surface area contributed by atoms with Gasteiger partial charge < -0.3 is 20.9 Å². The zero-order valence-corrected chi connectivity index (χ0v) is 18.3. The largest absolute Gasteiger partial charge is 0.453 e. The average molecular weight is 504 g/mol. The number of hydrogen-bond donors (Lipinski definition) is 2. The predicted molar refractivity (Wildman–Crippen MR) is 124 cm³/mol. The average Bonchev–Trinajstić information content (AvgIpc) is 2.79. The van der Waals surface area contributed by atoms with Crippen molar-refractivity contribution in [1.82, 2.24) is 0 Å². The molecule has 0 saturated carbocycles. The Labute approximate surface area is 201 Å². The van der Waals surface area contributed by atoms with E-state index in [1.165, 1.54) is 24.3 Å². The van der Waals surface area contributed by atoms with Gasteiger partial charge in [0.05, 0.1) is 0 Å². The number of rotatable bonds is 5. The summed E-state index contributed by atoms with van der Waals surface area (Å²) in [5, 5.41) is 0. The molecule has 0 bridgehead atoms. The lowest BCUT2D eigenvalue weighted by Gasteiger charge is -2.21. The third kappa shape index (κ3) is 5.02. The van der Waals surface area contributed by atoms with E-state index in [-0.39, 0.29) is 17.1 Å². The number of benzene rings is 4. The Morgan fingerprint density at radius 2 is 0.972 bits per heavy atom. The molecule has 0 fully saturated rings. The predicted octanol–water partition coefficient (Wildman–Crippen LogP) is 8.14. The first-order chi connectivity index (χ1) is 17.0. The van der Waals surface area contributed by atoms with Crippen LogP contribution in [0, 0.1) is 0 Å². The van der Waals surface area contributed by atoms with Crippen LogP contribution in [0.2, 0.25) is 0 Å². The summed E-state index contributed by atoms with van der Waals surface area (Å²) < 4.78 is 93.8. The highest BCUT2D eigenvalue weighted by atomic mass is 19.4. The molecule has 36 heavy (non-hydrogen) atoms. The summed E-state index contributed by atoms with van der Waals surface area (Å²) in [4.78, 5) is 0. The standard InChI is InChI=1S/C26H18F6N2O2/c27-25(28,29)22-17(33)10-5-12-19(22)35-21-14-4-9-16(15-7-2-1-3-8-15)24(21)36-20-13-6-11-18(34)23(20)26(30,31)32/h1-14H,33-34H2. The van der Waals surface area contributed by atoms with Gasteiger partial charge in [0.25, 0.3) is 0 Å². The molecule has 4 N–H and O–H groups in total. The van der Waals surface area contributed by atoms with Crippen LogP contribution in [-0.4, -0.2) is 0 Å². The molecule has 4 aromatic carbocycles. The number of hydrogen-bond acceptors (Lipinski definition) is 4. The highest BCUT2D eigenvalue weighted by Crippen LogP contribution is 2.49. The molecule has 0 unspecified atom stereocenters. The van der Waals surface area contributed by atoms with Crippen molar-refractivity contribution in [2.75, 3.05) is 11.5 Å². The fourth-order valence-electron chi connectivity index (χ4n) is 3.65. The van der Waals surface area contributed by atoms with E-state index >= 15 is 0 Å². The van der Waals surface area contributed by atoms with Crippen molar-refractivity contribution in [2.24, 2.45) is 0 Å². The van der Waals surface area contributed by atoms with Crippen LogP contribution in [0.25, 0.3) is 11.1 Å². The summed E-state index contributed by atoms with van der Waals surface area (Å²) in [6, 6.07) is 19.5. The third-order valence-corrected chi connectivity index (χ3v) is 5.18. The molecule has 0 radical (unpaired) electrons. The van der Waals surface area contributed by atoms with Gasteiger partial charge in [-0.15, -0.1) is 0 Å². The highest BCUT2D eigenvalue weighted by molar-refractivity contribution is 5.75. The van der Waals surface area contributed by atoms with Gasteiger partial charge in [0.15, 0.2) is 11.5 Å². The van der Waals surface area contributed by atoms with Crippen LogP contribution in [-0.2, 0) is 12.4 Å². The van der Waals surface area contributed by atoms with Gasteiger partial charge in [0, 0.05) is 16.9 Å². The Hall–Kier alpha value is -4.34. The maximum Gasteiger partial charge on any atom is 0.421 e. The number of nitrogen functional groups attached to an aromatic ring is 2. The summed E-state index contributed by atoms with van der Waals surface area (Å²) in [7, 11) is 0. The van der Waals surface area contributed by atoms with Crippen molar-refractivity contribution in [3.63, 3.8) is 0 Å². The van der Waals surface area contributed by atoms with Gasteiger partial charge in [-0.1, -0.05) is 54.6 Å². The van der Waals surface area contributed by atoms with Gasteiger partial charge in [0.2, 0.25) is 0 Å². The molecule has 186 valence electrons. The molecular weight excluding hydrogens is 486 g/mol. The lowest BCUT2D eigenvalue weighted by Crippen LogP contribution is -2.12. The van der Waals surface area contributed by atoms with Crippen LogP contribution in [0.3, 0.4) is 0 Å². The summed E-state index contributed by atoms with van der Waals surface area (Å²) in [6.07, 6.45) is -9.71. The summed E-state index contributed by atoms with van der Waals surface area (Å²) in [5.41, 5.74) is 8.36. The topological polar surface area (TPSA) is 70.5 Å². The summed E-state index contributed by atoms with van der Waals surface area (Å²) in [6.45, 7) is 0. The van der Waals surface area contributed by atoms with E-state index in [1.807, 2.05) is 0 Å². The Bertz CT molecular complexity index is 1390. The molecule has 0 aliphatic rings. The molecular formula is C26H18F6N2O2. The fraction of sp³-hybridized carbons (Fsp3) is 0.0769. The minimum absolute atomic E-state index is 0.240. The van der Waals surface area contributed by atoms with Gasteiger partial charge in [-0.05, 0) is 35.9 Å². The van der Waals surface area contributed by atoms with Crippen LogP contribution in [0.4, 0.5) is 37.7 Å². The van der Waals surface area contributed by atoms with Crippen LogP contribution < -0.4 is 20.9 Å². The van der Waals surface area contributed by atoms with Gasteiger partial charge >= 0.3 is 12.4 Å². The van der Waals surface area contributed by atoms with Crippen LogP contribution in [0.15, 0.2) is 84.9 Å². The van der Waals surface area contributed by atoms with Crippen LogP contribution in [0.1, 0.15) is 11.1 Å². The number of nitrogens with two attached hydrogens (primary N) is 2. The molecule has 0 amide bonds. The number of alkyl halides is 6. The summed E-state index contributed by atoms with van der Waals surface area (Å²) in [5.74, 6) is -1.78. The number of halogens is 6. The third-order valence-electron chi connectivity index (χ3n) is 5.18. The van der Waals surface area contributed by atoms with E-state index in [0.29, 0.717) is 5.56 Å². The second-order valence-corrected chi connectivity index (χ2v) is 7.64. The van der Waals surface area contributed by atoms with Crippen molar-refractivity contribution >= 4 is 11.4 Å². The first-order valence-electron chi connectivity index (χ1n) is 10.4. The number of ether oxygens (including phenoxy) is 2. The molecule has 0 aromatic heterocycles. The molecule has 0 atom stereocenters. The maximum absolute atomic E-state index is 13.8. The van der Waals surface area contributed by atoms with Gasteiger partial charge in [0.1, 0.15) is 22.6 Å². The van der Waals surface area contributed by atoms with E-state index in [1.54, 1.807) is 36.4 Å². The Morgan fingerprint density at radius 3 is 1.50 bits per heavy atom. The van der Waals surface area contributed by atoms with E-state index < -0.39 is 46.4 Å². The monoisotopic (exact) mass is 504 g/mol. The lowest BCUT2D eigenvalue weighted by atomic mass is 10.0. The zero-order valence-electron chi connectivity index (χ0n) is 18.3. The molecule has 4 aromatic rings. The van der Waals surface area contributed by atoms with Crippen LogP contribution >= 0.6 is 0 Å². The second kappa shape index (κ2) is 9.37. The Balaban J connectivity index is 1.92. The van der Waals surface area contributed by atoms with Gasteiger partial charge in [-0.25, -0.2) is 0 Å². The first kappa shape index (κ1) is 24.8. The zero-order chi connectivity index (χ0) is 26.1. The Kier molecular flexibility index (Phi) is 6.45. The first-order valence-corrected chi connectivity index (χ1v) is 10.4. The molecule has 0 heterocycles. The van der Waals surface area contributed by atoms with Crippen molar-refractivity contribution in [2.45, 2.75) is 12.4 Å². The highest BCUT2D eigenvalue weighted by Gasteiger charge is 2.38. The van der Waals surface area contributed by atoms with E-state index in [9.17, 15) is 26.3 Å².